The van der Waals surface area contributed by atoms with E-state index in [1.165, 1.54) is 88.0 Å². The molecule has 9 rings (SSSR count). The maximum Gasteiger partial charge on any atom is -0.00197 e. The fraction of sp³-hybridized carbons (Fsp3) is 0. The molecule has 9 aromatic carbocycles. The summed E-state index contributed by atoms with van der Waals surface area (Å²) < 4.78 is 0. The van der Waals surface area contributed by atoms with Gasteiger partial charge >= 0.3 is 0 Å². The molecule has 0 amide bonds. The zero-order valence-electron chi connectivity index (χ0n) is 26.5. The average Bonchev–Trinajstić information content (AvgIpc) is 3.17. The lowest BCUT2D eigenvalue weighted by molar-refractivity contribution is 1.58. The first kappa shape index (κ1) is 28.0. The SMILES string of the molecule is c1ccc(-c2cccc(-c3c4ccccc4c(-c4cc(-c5ccccc5)ccc4-c4ccccc4)c4cc5ccccc5cc34)c2)cc1. The van der Waals surface area contributed by atoms with E-state index in [1.54, 1.807) is 0 Å². The summed E-state index contributed by atoms with van der Waals surface area (Å²) in [4.78, 5) is 0. The van der Waals surface area contributed by atoms with Gasteiger partial charge < -0.3 is 0 Å². The van der Waals surface area contributed by atoms with Crippen molar-refractivity contribution in [2.24, 2.45) is 0 Å². The van der Waals surface area contributed by atoms with Crippen molar-refractivity contribution >= 4 is 32.3 Å². The fourth-order valence-electron chi connectivity index (χ4n) is 7.38. The Morgan fingerprint density at radius 2 is 0.667 bits per heavy atom. The van der Waals surface area contributed by atoms with Gasteiger partial charge in [-0.05, 0) is 112 Å². The van der Waals surface area contributed by atoms with Crippen molar-refractivity contribution in [3.8, 4) is 55.6 Å². The highest BCUT2D eigenvalue weighted by Gasteiger charge is 2.20. The lowest BCUT2D eigenvalue weighted by Gasteiger charge is -2.21. The number of hydrogen-bond donors (Lipinski definition) is 0. The zero-order valence-corrected chi connectivity index (χ0v) is 26.5. The van der Waals surface area contributed by atoms with E-state index in [2.05, 4.69) is 194 Å². The lowest BCUT2D eigenvalue weighted by atomic mass is 9.82. The van der Waals surface area contributed by atoms with Gasteiger partial charge in [0.2, 0.25) is 0 Å². The maximum absolute atomic E-state index is 2.42. The van der Waals surface area contributed by atoms with Crippen LogP contribution in [0.5, 0.6) is 0 Å². The summed E-state index contributed by atoms with van der Waals surface area (Å²) in [5.41, 5.74) is 12.3. The molecule has 0 unspecified atom stereocenters. The molecule has 0 aliphatic carbocycles. The second-order valence-electron chi connectivity index (χ2n) is 12.5. The molecule has 48 heavy (non-hydrogen) atoms. The molecule has 0 saturated carbocycles. The molecule has 0 spiro atoms. The van der Waals surface area contributed by atoms with Crippen LogP contribution in [0.25, 0.3) is 88.0 Å². The van der Waals surface area contributed by atoms with E-state index in [4.69, 9.17) is 0 Å². The van der Waals surface area contributed by atoms with Gasteiger partial charge in [0, 0.05) is 0 Å². The molecular formula is C48H32. The topological polar surface area (TPSA) is 0 Å². The molecule has 0 radical (unpaired) electrons. The van der Waals surface area contributed by atoms with E-state index in [9.17, 15) is 0 Å². The van der Waals surface area contributed by atoms with Gasteiger partial charge in [0.15, 0.2) is 0 Å². The first-order valence-corrected chi connectivity index (χ1v) is 16.6. The summed E-state index contributed by atoms with van der Waals surface area (Å²) in [5, 5.41) is 7.51. The van der Waals surface area contributed by atoms with Crippen LogP contribution in [0.15, 0.2) is 194 Å². The Labute approximate surface area is 281 Å². The van der Waals surface area contributed by atoms with Crippen LogP contribution in [0, 0.1) is 0 Å². The molecule has 224 valence electrons. The van der Waals surface area contributed by atoms with E-state index in [0.717, 1.165) is 0 Å². The smallest absolute Gasteiger partial charge is 0.00197 e. The fourth-order valence-corrected chi connectivity index (χ4v) is 7.38. The molecule has 9 aromatic rings. The van der Waals surface area contributed by atoms with Crippen molar-refractivity contribution in [1.82, 2.24) is 0 Å². The van der Waals surface area contributed by atoms with Gasteiger partial charge in [-0.3, -0.25) is 0 Å². The van der Waals surface area contributed by atoms with Gasteiger partial charge in [-0.2, -0.15) is 0 Å². The van der Waals surface area contributed by atoms with Crippen molar-refractivity contribution in [2.45, 2.75) is 0 Å². The van der Waals surface area contributed by atoms with Crippen LogP contribution in [0.3, 0.4) is 0 Å². The molecule has 0 bridgehead atoms. The Morgan fingerprint density at radius 1 is 0.208 bits per heavy atom. The highest BCUT2D eigenvalue weighted by Crippen LogP contribution is 2.48. The molecule has 0 aliphatic rings. The Balaban J connectivity index is 1.43. The number of benzene rings is 9. The van der Waals surface area contributed by atoms with Gasteiger partial charge in [0.1, 0.15) is 0 Å². The second kappa shape index (κ2) is 11.8. The first-order chi connectivity index (χ1) is 23.8. The third-order valence-electron chi connectivity index (χ3n) is 9.63. The van der Waals surface area contributed by atoms with Gasteiger partial charge in [-0.25, -0.2) is 0 Å². The summed E-state index contributed by atoms with van der Waals surface area (Å²) in [6.45, 7) is 0. The third kappa shape index (κ3) is 4.87. The van der Waals surface area contributed by atoms with E-state index >= 15 is 0 Å². The highest BCUT2D eigenvalue weighted by atomic mass is 14.2. The van der Waals surface area contributed by atoms with Crippen molar-refractivity contribution in [1.29, 1.82) is 0 Å². The minimum Gasteiger partial charge on any atom is -0.0622 e. The molecule has 0 aliphatic heterocycles. The van der Waals surface area contributed by atoms with Crippen LogP contribution in [-0.4, -0.2) is 0 Å². The average molecular weight is 609 g/mol. The van der Waals surface area contributed by atoms with Gasteiger partial charge in [-0.1, -0.05) is 170 Å². The summed E-state index contributed by atoms with van der Waals surface area (Å²) in [6, 6.07) is 70.8. The third-order valence-corrected chi connectivity index (χ3v) is 9.63. The lowest BCUT2D eigenvalue weighted by Crippen LogP contribution is -1.94. The molecular weight excluding hydrogens is 577 g/mol. The maximum atomic E-state index is 2.42. The summed E-state index contributed by atoms with van der Waals surface area (Å²) >= 11 is 0. The van der Waals surface area contributed by atoms with Crippen LogP contribution in [-0.2, 0) is 0 Å². The number of fused-ring (bicyclic) bond motifs is 3. The molecule has 0 N–H and O–H groups in total. The van der Waals surface area contributed by atoms with E-state index < -0.39 is 0 Å². The van der Waals surface area contributed by atoms with Gasteiger partial charge in [-0.15, -0.1) is 0 Å². The van der Waals surface area contributed by atoms with Gasteiger partial charge in [0.05, 0.1) is 0 Å². The zero-order chi connectivity index (χ0) is 31.9. The minimum atomic E-state index is 1.21. The molecule has 0 nitrogen and oxygen atoms in total. The molecule has 0 aromatic heterocycles. The van der Waals surface area contributed by atoms with E-state index in [-0.39, 0.29) is 0 Å². The van der Waals surface area contributed by atoms with E-state index in [1.807, 2.05) is 0 Å². The predicted octanol–water partition coefficient (Wildman–Crippen LogP) is 13.5. The quantitative estimate of drug-likeness (QED) is 0.171. The largest absolute Gasteiger partial charge is 0.0622 e. The van der Waals surface area contributed by atoms with E-state index in [0.29, 0.717) is 0 Å². The molecule has 0 heterocycles. The Kier molecular flexibility index (Phi) is 6.91. The summed E-state index contributed by atoms with van der Waals surface area (Å²) in [5.74, 6) is 0. The van der Waals surface area contributed by atoms with Crippen molar-refractivity contribution in [3.63, 3.8) is 0 Å². The van der Waals surface area contributed by atoms with Crippen LogP contribution in [0.2, 0.25) is 0 Å². The van der Waals surface area contributed by atoms with Crippen molar-refractivity contribution in [2.75, 3.05) is 0 Å². The summed E-state index contributed by atoms with van der Waals surface area (Å²) in [6.07, 6.45) is 0. The molecule has 0 fully saturated rings. The minimum absolute atomic E-state index is 1.21. The van der Waals surface area contributed by atoms with Crippen LogP contribution in [0.4, 0.5) is 0 Å². The first-order valence-electron chi connectivity index (χ1n) is 16.6. The van der Waals surface area contributed by atoms with Crippen molar-refractivity contribution < 1.29 is 0 Å². The van der Waals surface area contributed by atoms with Crippen LogP contribution < -0.4 is 0 Å². The molecule has 0 atom stereocenters. The Morgan fingerprint density at radius 3 is 1.29 bits per heavy atom. The second-order valence-corrected chi connectivity index (χ2v) is 12.5. The highest BCUT2D eigenvalue weighted by molar-refractivity contribution is 6.24. The predicted molar refractivity (Wildman–Crippen MR) is 206 cm³/mol. The normalized spacial score (nSPS) is 11.3. The van der Waals surface area contributed by atoms with Gasteiger partial charge in [0.25, 0.3) is 0 Å². The molecule has 0 saturated heterocycles. The number of hydrogen-bond acceptors (Lipinski definition) is 0. The van der Waals surface area contributed by atoms with Crippen LogP contribution >= 0.6 is 0 Å². The molecule has 0 heteroatoms. The Bertz CT molecular complexity index is 2580. The summed E-state index contributed by atoms with van der Waals surface area (Å²) in [7, 11) is 0. The Hall–Kier alpha value is -6.24. The monoisotopic (exact) mass is 608 g/mol. The standard InChI is InChI=1S/C48H32/c1-4-15-33(16-5-1)36-23-14-24-40(29-36)47-42-25-12-13-26-43(42)48(46-31-38-22-11-10-21-37(38)30-45(46)47)44-32-39(34-17-6-2-7-18-34)27-28-41(44)35-19-8-3-9-20-35/h1-32H. The number of rotatable bonds is 5. The van der Waals surface area contributed by atoms with Crippen molar-refractivity contribution in [3.05, 3.63) is 194 Å². The van der Waals surface area contributed by atoms with Crippen LogP contribution in [0.1, 0.15) is 0 Å².